The average Bonchev–Trinajstić information content (AvgIpc) is 3.05. The van der Waals surface area contributed by atoms with Gasteiger partial charge in [0, 0.05) is 18.6 Å². The van der Waals surface area contributed by atoms with Gasteiger partial charge in [0.25, 0.3) is 0 Å². The minimum atomic E-state index is -1.32. The molecule has 0 aliphatic heterocycles. The lowest BCUT2D eigenvalue weighted by Gasteiger charge is -2.12. The summed E-state index contributed by atoms with van der Waals surface area (Å²) in [6, 6.07) is 1.19. The highest BCUT2D eigenvalue weighted by molar-refractivity contribution is 7.80. The third-order valence-corrected chi connectivity index (χ3v) is 3.77. The van der Waals surface area contributed by atoms with Crippen molar-refractivity contribution in [1.29, 1.82) is 0 Å². The SMILES string of the molecule is O=C(CC1(CS)CC1)Nc1cc(F)cc(F)c1F. The van der Waals surface area contributed by atoms with Crippen molar-refractivity contribution in [3.05, 3.63) is 29.6 Å². The number of benzene rings is 1. The second-order valence-electron chi connectivity index (χ2n) is 4.63. The van der Waals surface area contributed by atoms with Crippen LogP contribution in [0.15, 0.2) is 12.1 Å². The van der Waals surface area contributed by atoms with Crippen molar-refractivity contribution in [2.24, 2.45) is 5.41 Å². The molecule has 0 spiro atoms. The number of hydrogen-bond donors (Lipinski definition) is 2. The fraction of sp³-hybridized carbons (Fsp3) is 0.417. The standard InChI is InChI=1S/C12H12F3NOS/c13-7-3-8(14)11(15)9(4-7)16-10(17)5-12(6-18)1-2-12/h3-4,18H,1-2,5-6H2,(H,16,17). The Hall–Kier alpha value is -1.17. The van der Waals surface area contributed by atoms with Crippen LogP contribution in [0.25, 0.3) is 0 Å². The summed E-state index contributed by atoms with van der Waals surface area (Å²) in [6.45, 7) is 0. The molecule has 1 aliphatic carbocycles. The van der Waals surface area contributed by atoms with Crippen molar-refractivity contribution in [2.75, 3.05) is 11.1 Å². The Morgan fingerprint density at radius 2 is 2.00 bits per heavy atom. The zero-order chi connectivity index (χ0) is 13.3. The number of nitrogens with one attached hydrogen (secondary N) is 1. The highest BCUT2D eigenvalue weighted by Gasteiger charge is 2.42. The van der Waals surface area contributed by atoms with Crippen LogP contribution in [-0.2, 0) is 4.79 Å². The topological polar surface area (TPSA) is 29.1 Å². The number of carbonyl (C=O) groups is 1. The van der Waals surface area contributed by atoms with Crippen molar-refractivity contribution in [1.82, 2.24) is 0 Å². The van der Waals surface area contributed by atoms with Gasteiger partial charge in [0.2, 0.25) is 5.91 Å². The van der Waals surface area contributed by atoms with Crippen molar-refractivity contribution in [3.63, 3.8) is 0 Å². The minimum absolute atomic E-state index is 0.129. The quantitative estimate of drug-likeness (QED) is 0.641. The minimum Gasteiger partial charge on any atom is -0.323 e. The predicted molar refractivity (Wildman–Crippen MR) is 65.1 cm³/mol. The summed E-state index contributed by atoms with van der Waals surface area (Å²) >= 11 is 4.14. The molecule has 1 aliphatic rings. The summed E-state index contributed by atoms with van der Waals surface area (Å²) in [4.78, 5) is 11.6. The van der Waals surface area contributed by atoms with Gasteiger partial charge < -0.3 is 5.32 Å². The second-order valence-corrected chi connectivity index (χ2v) is 4.95. The van der Waals surface area contributed by atoms with E-state index in [0.29, 0.717) is 11.8 Å². The van der Waals surface area contributed by atoms with Crippen LogP contribution in [0.1, 0.15) is 19.3 Å². The second kappa shape index (κ2) is 4.84. The van der Waals surface area contributed by atoms with E-state index in [-0.39, 0.29) is 11.8 Å². The molecule has 2 rings (SSSR count). The fourth-order valence-electron chi connectivity index (χ4n) is 1.75. The summed E-state index contributed by atoms with van der Waals surface area (Å²) in [7, 11) is 0. The number of carbonyl (C=O) groups excluding carboxylic acids is 1. The Labute approximate surface area is 108 Å². The van der Waals surface area contributed by atoms with Crippen LogP contribution in [0.3, 0.4) is 0 Å². The zero-order valence-corrected chi connectivity index (χ0v) is 10.4. The lowest BCUT2D eigenvalue weighted by atomic mass is 10.1. The van der Waals surface area contributed by atoms with Crippen molar-refractivity contribution in [2.45, 2.75) is 19.3 Å². The van der Waals surface area contributed by atoms with Crippen molar-refractivity contribution in [3.8, 4) is 0 Å². The summed E-state index contributed by atoms with van der Waals surface area (Å²) in [5.41, 5.74) is -0.595. The predicted octanol–water partition coefficient (Wildman–Crippen LogP) is 3.14. The Morgan fingerprint density at radius 1 is 1.33 bits per heavy atom. The first-order valence-electron chi connectivity index (χ1n) is 5.51. The van der Waals surface area contributed by atoms with Crippen LogP contribution in [0.2, 0.25) is 0 Å². The number of halogens is 3. The molecule has 1 aromatic carbocycles. The van der Waals surface area contributed by atoms with Crippen molar-refractivity contribution < 1.29 is 18.0 Å². The van der Waals surface area contributed by atoms with Gasteiger partial charge in [-0.25, -0.2) is 13.2 Å². The molecule has 0 aromatic heterocycles. The van der Waals surface area contributed by atoms with Gasteiger partial charge in [-0.1, -0.05) is 0 Å². The van der Waals surface area contributed by atoms with Gasteiger partial charge in [-0.05, 0) is 24.0 Å². The van der Waals surface area contributed by atoms with Crippen LogP contribution in [-0.4, -0.2) is 11.7 Å². The fourth-order valence-corrected chi connectivity index (χ4v) is 2.18. The van der Waals surface area contributed by atoms with Gasteiger partial charge in [0.15, 0.2) is 11.6 Å². The number of rotatable bonds is 4. The van der Waals surface area contributed by atoms with Gasteiger partial charge in [-0.3, -0.25) is 4.79 Å². The van der Waals surface area contributed by atoms with E-state index in [4.69, 9.17) is 0 Å². The van der Waals surface area contributed by atoms with E-state index >= 15 is 0 Å². The largest absolute Gasteiger partial charge is 0.323 e. The first kappa shape index (κ1) is 13.3. The molecule has 0 saturated heterocycles. The van der Waals surface area contributed by atoms with E-state index in [9.17, 15) is 18.0 Å². The van der Waals surface area contributed by atoms with Gasteiger partial charge >= 0.3 is 0 Å². The monoisotopic (exact) mass is 275 g/mol. The molecule has 1 N–H and O–H groups in total. The van der Waals surface area contributed by atoms with Crippen molar-refractivity contribution >= 4 is 24.2 Å². The number of anilines is 1. The Morgan fingerprint density at radius 3 is 2.56 bits per heavy atom. The molecule has 0 atom stereocenters. The van der Waals surface area contributed by atoms with Gasteiger partial charge in [0.1, 0.15) is 5.82 Å². The Bertz CT molecular complexity index is 488. The maximum absolute atomic E-state index is 13.3. The third kappa shape index (κ3) is 2.80. The van der Waals surface area contributed by atoms with E-state index < -0.39 is 29.0 Å². The summed E-state index contributed by atoms with van der Waals surface area (Å²) in [5.74, 6) is -3.38. The molecule has 0 unspecified atom stereocenters. The molecule has 6 heteroatoms. The van der Waals surface area contributed by atoms with Gasteiger partial charge in [-0.15, -0.1) is 0 Å². The first-order valence-corrected chi connectivity index (χ1v) is 6.14. The van der Waals surface area contributed by atoms with E-state index in [1.807, 2.05) is 0 Å². The zero-order valence-electron chi connectivity index (χ0n) is 9.47. The van der Waals surface area contributed by atoms with Crippen LogP contribution in [0.4, 0.5) is 18.9 Å². The summed E-state index contributed by atoms with van der Waals surface area (Å²) in [6.07, 6.45) is 1.97. The van der Waals surface area contributed by atoms with E-state index in [2.05, 4.69) is 17.9 Å². The summed E-state index contributed by atoms with van der Waals surface area (Å²) < 4.78 is 39.1. The van der Waals surface area contributed by atoms with E-state index in [1.165, 1.54) is 0 Å². The molecule has 1 saturated carbocycles. The highest BCUT2D eigenvalue weighted by Crippen LogP contribution is 2.49. The van der Waals surface area contributed by atoms with Crippen LogP contribution >= 0.6 is 12.6 Å². The Kier molecular flexibility index (Phi) is 3.56. The molecule has 0 bridgehead atoms. The van der Waals surface area contributed by atoms with E-state index in [1.54, 1.807) is 0 Å². The molecule has 98 valence electrons. The van der Waals surface area contributed by atoms with Crippen LogP contribution in [0, 0.1) is 22.9 Å². The molecule has 1 amide bonds. The lowest BCUT2D eigenvalue weighted by Crippen LogP contribution is -2.19. The number of thiol groups is 1. The lowest BCUT2D eigenvalue weighted by molar-refractivity contribution is -0.117. The molecular formula is C12H12F3NOS. The smallest absolute Gasteiger partial charge is 0.225 e. The van der Waals surface area contributed by atoms with Crippen LogP contribution < -0.4 is 5.32 Å². The first-order chi connectivity index (χ1) is 8.46. The van der Waals surface area contributed by atoms with E-state index in [0.717, 1.165) is 18.9 Å². The molecule has 0 heterocycles. The molecule has 18 heavy (non-hydrogen) atoms. The normalized spacial score (nSPS) is 16.4. The molecule has 1 aromatic rings. The third-order valence-electron chi connectivity index (χ3n) is 3.10. The number of amides is 1. The molecule has 1 fully saturated rings. The molecule has 0 radical (unpaired) electrons. The van der Waals surface area contributed by atoms with Crippen LogP contribution in [0.5, 0.6) is 0 Å². The maximum Gasteiger partial charge on any atom is 0.225 e. The summed E-state index contributed by atoms with van der Waals surface area (Å²) in [5, 5.41) is 2.19. The number of hydrogen-bond acceptors (Lipinski definition) is 2. The maximum atomic E-state index is 13.3. The molecular weight excluding hydrogens is 263 g/mol. The van der Waals surface area contributed by atoms with Gasteiger partial charge in [0.05, 0.1) is 5.69 Å². The Balaban J connectivity index is 2.07. The molecule has 2 nitrogen and oxygen atoms in total. The average molecular weight is 275 g/mol. The van der Waals surface area contributed by atoms with Gasteiger partial charge in [-0.2, -0.15) is 12.6 Å². The highest BCUT2D eigenvalue weighted by atomic mass is 32.1.